The third kappa shape index (κ3) is 4.92. The van der Waals surface area contributed by atoms with Gasteiger partial charge in [-0.25, -0.2) is 4.79 Å². The normalized spacial score (nSPS) is 18.5. The SMILES string of the molecule is CC(C)c1ccc(OCCc2cc(C3CCN(C(=O)CN4C(=O)CNC4=O)C3)n[nH]2)cc1. The molecule has 3 heterocycles. The first-order valence-electron chi connectivity index (χ1n) is 11.0. The summed E-state index contributed by atoms with van der Waals surface area (Å²) in [6, 6.07) is 9.70. The van der Waals surface area contributed by atoms with Crippen molar-refractivity contribution >= 4 is 17.8 Å². The van der Waals surface area contributed by atoms with Crippen molar-refractivity contribution in [3.05, 3.63) is 47.3 Å². The van der Waals surface area contributed by atoms with Crippen LogP contribution in [0.3, 0.4) is 0 Å². The molecule has 2 N–H and O–H groups in total. The Morgan fingerprint density at radius 2 is 2.03 bits per heavy atom. The molecule has 170 valence electrons. The van der Waals surface area contributed by atoms with Gasteiger partial charge >= 0.3 is 6.03 Å². The van der Waals surface area contributed by atoms with Crippen LogP contribution in [-0.2, 0) is 16.0 Å². The molecule has 32 heavy (non-hydrogen) atoms. The van der Waals surface area contributed by atoms with E-state index < -0.39 is 6.03 Å². The Balaban J connectivity index is 1.24. The maximum atomic E-state index is 12.5. The number of urea groups is 1. The summed E-state index contributed by atoms with van der Waals surface area (Å²) in [4.78, 5) is 38.5. The molecular formula is C23H29N5O4. The number of aromatic amines is 1. The van der Waals surface area contributed by atoms with E-state index >= 15 is 0 Å². The minimum absolute atomic E-state index is 0.0439. The van der Waals surface area contributed by atoms with Gasteiger partial charge in [0.2, 0.25) is 5.91 Å². The van der Waals surface area contributed by atoms with Crippen LogP contribution in [-0.4, -0.2) is 70.6 Å². The van der Waals surface area contributed by atoms with Crippen molar-refractivity contribution in [2.75, 3.05) is 32.8 Å². The van der Waals surface area contributed by atoms with Crippen LogP contribution in [0.25, 0.3) is 0 Å². The molecule has 0 spiro atoms. The molecule has 2 aliphatic rings. The average molecular weight is 440 g/mol. The van der Waals surface area contributed by atoms with E-state index in [0.29, 0.717) is 32.0 Å². The average Bonchev–Trinajstić information content (AvgIpc) is 3.51. The maximum Gasteiger partial charge on any atom is 0.325 e. The van der Waals surface area contributed by atoms with E-state index in [1.54, 1.807) is 4.90 Å². The van der Waals surface area contributed by atoms with Crippen molar-refractivity contribution in [3.63, 3.8) is 0 Å². The van der Waals surface area contributed by atoms with Crippen LogP contribution in [0.5, 0.6) is 5.75 Å². The van der Waals surface area contributed by atoms with Gasteiger partial charge in [-0.3, -0.25) is 19.6 Å². The van der Waals surface area contributed by atoms with Gasteiger partial charge in [0.15, 0.2) is 0 Å². The molecule has 2 aromatic rings. The number of rotatable bonds is 8. The largest absolute Gasteiger partial charge is 0.493 e. The van der Waals surface area contributed by atoms with Crippen LogP contribution in [0.1, 0.15) is 49.1 Å². The Bertz CT molecular complexity index is 969. The number of imide groups is 1. The number of hydrogen-bond acceptors (Lipinski definition) is 5. The third-order valence-electron chi connectivity index (χ3n) is 6.03. The Morgan fingerprint density at radius 1 is 1.25 bits per heavy atom. The van der Waals surface area contributed by atoms with Crippen molar-refractivity contribution < 1.29 is 19.1 Å². The summed E-state index contributed by atoms with van der Waals surface area (Å²) in [5.74, 6) is 0.900. The van der Waals surface area contributed by atoms with Crippen molar-refractivity contribution in [2.45, 2.75) is 38.5 Å². The zero-order valence-electron chi connectivity index (χ0n) is 18.5. The van der Waals surface area contributed by atoms with E-state index in [0.717, 1.165) is 28.5 Å². The summed E-state index contributed by atoms with van der Waals surface area (Å²) in [7, 11) is 0. The van der Waals surface area contributed by atoms with E-state index in [1.807, 2.05) is 18.2 Å². The highest BCUT2D eigenvalue weighted by atomic mass is 16.5. The summed E-state index contributed by atoms with van der Waals surface area (Å²) in [5, 5.41) is 9.93. The van der Waals surface area contributed by atoms with Crippen LogP contribution in [0.15, 0.2) is 30.3 Å². The summed E-state index contributed by atoms with van der Waals surface area (Å²) >= 11 is 0. The number of carbonyl (C=O) groups excluding carboxylic acids is 3. The molecule has 1 atom stereocenters. The van der Waals surface area contributed by atoms with E-state index in [-0.39, 0.29) is 30.8 Å². The van der Waals surface area contributed by atoms with Crippen molar-refractivity contribution in [1.29, 1.82) is 0 Å². The summed E-state index contributed by atoms with van der Waals surface area (Å²) in [5.41, 5.74) is 3.20. The van der Waals surface area contributed by atoms with Crippen molar-refractivity contribution in [3.8, 4) is 5.75 Å². The van der Waals surface area contributed by atoms with Gasteiger partial charge < -0.3 is 15.0 Å². The molecule has 4 amide bonds. The second-order valence-corrected chi connectivity index (χ2v) is 8.60. The highest BCUT2D eigenvalue weighted by molar-refractivity contribution is 6.04. The molecule has 0 saturated carbocycles. The number of hydrogen-bond donors (Lipinski definition) is 2. The van der Waals surface area contributed by atoms with Gasteiger partial charge in [-0.15, -0.1) is 0 Å². The van der Waals surface area contributed by atoms with Gasteiger partial charge in [-0.05, 0) is 36.1 Å². The Labute approximate surface area is 187 Å². The van der Waals surface area contributed by atoms with Gasteiger partial charge in [-0.2, -0.15) is 5.10 Å². The zero-order valence-corrected chi connectivity index (χ0v) is 18.5. The lowest BCUT2D eigenvalue weighted by molar-refractivity contribution is -0.135. The third-order valence-corrected chi connectivity index (χ3v) is 6.03. The van der Waals surface area contributed by atoms with Crippen LogP contribution >= 0.6 is 0 Å². The van der Waals surface area contributed by atoms with Crippen LogP contribution in [0.4, 0.5) is 4.79 Å². The van der Waals surface area contributed by atoms with Crippen LogP contribution in [0, 0.1) is 0 Å². The predicted molar refractivity (Wildman–Crippen MR) is 117 cm³/mol. The second kappa shape index (κ2) is 9.42. The first-order chi connectivity index (χ1) is 15.4. The Morgan fingerprint density at radius 3 is 2.72 bits per heavy atom. The minimum atomic E-state index is -0.505. The van der Waals surface area contributed by atoms with Crippen LogP contribution < -0.4 is 10.1 Å². The molecule has 0 bridgehead atoms. The molecule has 1 aromatic carbocycles. The smallest absolute Gasteiger partial charge is 0.325 e. The summed E-state index contributed by atoms with van der Waals surface area (Å²) < 4.78 is 5.84. The van der Waals surface area contributed by atoms with E-state index in [9.17, 15) is 14.4 Å². The Kier molecular flexibility index (Phi) is 6.43. The zero-order chi connectivity index (χ0) is 22.7. The molecule has 9 nitrogen and oxygen atoms in total. The standard InChI is InChI=1S/C23H29N5O4/c1-15(2)16-3-5-19(6-4-16)32-10-8-18-11-20(26-25-18)17-7-9-27(13-17)22(30)14-28-21(29)12-24-23(28)31/h3-6,11,15,17H,7-10,12-14H2,1-2H3,(H,24,31)(H,25,26). The van der Waals surface area contributed by atoms with Gasteiger partial charge in [0.1, 0.15) is 12.3 Å². The fourth-order valence-corrected chi connectivity index (χ4v) is 4.02. The van der Waals surface area contributed by atoms with Gasteiger partial charge in [0.05, 0.1) is 18.8 Å². The molecule has 4 rings (SSSR count). The molecule has 0 aliphatic carbocycles. The fourth-order valence-electron chi connectivity index (χ4n) is 4.02. The molecule has 1 unspecified atom stereocenters. The number of likely N-dealkylation sites (tertiary alicyclic amines) is 1. The van der Waals surface area contributed by atoms with Gasteiger partial charge in [0.25, 0.3) is 5.91 Å². The number of nitrogens with zero attached hydrogens (tertiary/aromatic N) is 3. The first kappa shape index (κ1) is 21.9. The number of H-pyrrole nitrogens is 1. The lowest BCUT2D eigenvalue weighted by atomic mass is 10.0. The Hall–Kier alpha value is -3.36. The molecule has 2 aliphatic heterocycles. The number of amides is 4. The summed E-state index contributed by atoms with van der Waals surface area (Å²) in [6.45, 7) is 5.74. The lowest BCUT2D eigenvalue weighted by Crippen LogP contribution is -2.42. The monoisotopic (exact) mass is 439 g/mol. The van der Waals surface area contributed by atoms with E-state index in [2.05, 4.69) is 41.5 Å². The molecule has 9 heteroatoms. The predicted octanol–water partition coefficient (Wildman–Crippen LogP) is 2.02. The summed E-state index contributed by atoms with van der Waals surface area (Å²) in [6.07, 6.45) is 1.51. The van der Waals surface area contributed by atoms with Crippen molar-refractivity contribution in [1.82, 2.24) is 25.3 Å². The van der Waals surface area contributed by atoms with Gasteiger partial charge in [0, 0.05) is 31.1 Å². The van der Waals surface area contributed by atoms with E-state index in [1.165, 1.54) is 5.56 Å². The first-order valence-corrected chi connectivity index (χ1v) is 11.0. The number of aromatic nitrogens is 2. The highest BCUT2D eigenvalue weighted by Gasteiger charge is 2.34. The topological polar surface area (TPSA) is 108 Å². The number of nitrogens with one attached hydrogen (secondary N) is 2. The number of ether oxygens (including phenoxy) is 1. The molecular weight excluding hydrogens is 410 g/mol. The molecule has 0 radical (unpaired) electrons. The number of benzene rings is 1. The van der Waals surface area contributed by atoms with Crippen molar-refractivity contribution in [2.24, 2.45) is 0 Å². The highest BCUT2D eigenvalue weighted by Crippen LogP contribution is 2.26. The quantitative estimate of drug-likeness (QED) is 0.612. The maximum absolute atomic E-state index is 12.5. The van der Waals surface area contributed by atoms with Crippen LogP contribution in [0.2, 0.25) is 0 Å². The number of carbonyl (C=O) groups is 3. The van der Waals surface area contributed by atoms with E-state index in [4.69, 9.17) is 4.74 Å². The molecule has 1 aromatic heterocycles. The second-order valence-electron chi connectivity index (χ2n) is 8.60. The minimum Gasteiger partial charge on any atom is -0.493 e. The lowest BCUT2D eigenvalue weighted by Gasteiger charge is -2.19. The van der Waals surface area contributed by atoms with Gasteiger partial charge in [-0.1, -0.05) is 26.0 Å². The fraction of sp³-hybridized carbons (Fsp3) is 0.478. The molecule has 2 fully saturated rings. The molecule has 2 saturated heterocycles.